The summed E-state index contributed by atoms with van der Waals surface area (Å²) in [4.78, 5) is 10.7. The summed E-state index contributed by atoms with van der Waals surface area (Å²) in [5.41, 5.74) is 1.45. The van der Waals surface area contributed by atoms with Crippen molar-refractivity contribution in [3.63, 3.8) is 0 Å². The van der Waals surface area contributed by atoms with Crippen molar-refractivity contribution in [2.24, 2.45) is 7.05 Å². The molecule has 0 saturated heterocycles. The molecule has 4 heteroatoms. The molecule has 0 saturated carbocycles. The van der Waals surface area contributed by atoms with E-state index in [9.17, 15) is 4.79 Å². The molecule has 0 fully saturated rings. The molecular weight excluding hydrogens is 188 g/mol. The van der Waals surface area contributed by atoms with E-state index in [0.717, 1.165) is 17.2 Å². The minimum Gasteiger partial charge on any atom is -0.298 e. The second-order valence-corrected chi connectivity index (χ2v) is 3.13. The normalized spacial score (nSPS) is 10.6. The number of fused-ring (bicyclic) bond motifs is 1. The topological polar surface area (TPSA) is 34.9 Å². The summed E-state index contributed by atoms with van der Waals surface area (Å²) in [6, 6.07) is 5.41. The molecule has 0 radical (unpaired) electrons. The van der Waals surface area contributed by atoms with Gasteiger partial charge in [0.25, 0.3) is 0 Å². The van der Waals surface area contributed by atoms with E-state index in [1.807, 2.05) is 12.1 Å². The van der Waals surface area contributed by atoms with Crippen molar-refractivity contribution < 1.29 is 4.79 Å². The molecule has 0 bridgehead atoms. The van der Waals surface area contributed by atoms with Gasteiger partial charge in [-0.15, -0.1) is 0 Å². The summed E-state index contributed by atoms with van der Waals surface area (Å²) in [5, 5.41) is 5.12. The van der Waals surface area contributed by atoms with Crippen LogP contribution in [-0.2, 0) is 7.05 Å². The Hall–Kier alpha value is -1.35. The zero-order valence-corrected chi connectivity index (χ0v) is 7.75. The molecular formula is C9H7ClN2O. The SMILES string of the molecule is Cn1nc(Cl)c2c(C=O)cccc21. The zero-order chi connectivity index (χ0) is 9.42. The lowest BCUT2D eigenvalue weighted by Crippen LogP contribution is -1.88. The molecule has 0 N–H and O–H groups in total. The fourth-order valence-corrected chi connectivity index (χ4v) is 1.71. The quantitative estimate of drug-likeness (QED) is 0.652. The van der Waals surface area contributed by atoms with Gasteiger partial charge >= 0.3 is 0 Å². The number of hydrogen-bond donors (Lipinski definition) is 0. The van der Waals surface area contributed by atoms with Crippen LogP contribution >= 0.6 is 11.6 Å². The highest BCUT2D eigenvalue weighted by molar-refractivity contribution is 6.35. The molecule has 0 unspecified atom stereocenters. The van der Waals surface area contributed by atoms with Crippen molar-refractivity contribution in [2.45, 2.75) is 0 Å². The average Bonchev–Trinajstić information content (AvgIpc) is 2.43. The molecule has 0 atom stereocenters. The van der Waals surface area contributed by atoms with Gasteiger partial charge in [-0.2, -0.15) is 5.10 Å². The van der Waals surface area contributed by atoms with Gasteiger partial charge in [0.15, 0.2) is 11.4 Å². The Morgan fingerprint density at radius 2 is 2.31 bits per heavy atom. The zero-order valence-electron chi connectivity index (χ0n) is 6.99. The summed E-state index contributed by atoms with van der Waals surface area (Å²) in [5.74, 6) is 0. The van der Waals surface area contributed by atoms with E-state index in [-0.39, 0.29) is 0 Å². The first-order valence-electron chi connectivity index (χ1n) is 3.80. The van der Waals surface area contributed by atoms with E-state index in [1.165, 1.54) is 0 Å². The number of aromatic nitrogens is 2. The molecule has 2 aromatic rings. The van der Waals surface area contributed by atoms with Crippen LogP contribution in [0.25, 0.3) is 10.9 Å². The Morgan fingerprint density at radius 3 is 3.00 bits per heavy atom. The van der Waals surface area contributed by atoms with Gasteiger partial charge in [-0.25, -0.2) is 0 Å². The van der Waals surface area contributed by atoms with Gasteiger partial charge in [0, 0.05) is 18.0 Å². The van der Waals surface area contributed by atoms with Crippen LogP contribution in [-0.4, -0.2) is 16.1 Å². The highest BCUT2D eigenvalue weighted by atomic mass is 35.5. The predicted octanol–water partition coefficient (Wildman–Crippen LogP) is 2.04. The van der Waals surface area contributed by atoms with E-state index >= 15 is 0 Å². The second kappa shape index (κ2) is 2.85. The highest BCUT2D eigenvalue weighted by Crippen LogP contribution is 2.24. The van der Waals surface area contributed by atoms with Crippen LogP contribution in [0.15, 0.2) is 18.2 Å². The van der Waals surface area contributed by atoms with Crippen molar-refractivity contribution in [3.05, 3.63) is 28.9 Å². The molecule has 1 aromatic heterocycles. The summed E-state index contributed by atoms with van der Waals surface area (Å²) >= 11 is 5.87. The molecule has 1 heterocycles. The van der Waals surface area contributed by atoms with E-state index in [2.05, 4.69) is 5.10 Å². The molecule has 0 amide bonds. The fraction of sp³-hybridized carbons (Fsp3) is 0.111. The smallest absolute Gasteiger partial charge is 0.159 e. The summed E-state index contributed by atoms with van der Waals surface area (Å²) in [6.45, 7) is 0. The lowest BCUT2D eigenvalue weighted by atomic mass is 10.1. The Bertz CT molecular complexity index is 476. The van der Waals surface area contributed by atoms with Crippen LogP contribution in [0.1, 0.15) is 10.4 Å². The fourth-order valence-electron chi connectivity index (χ4n) is 1.39. The number of hydrogen-bond acceptors (Lipinski definition) is 2. The van der Waals surface area contributed by atoms with Gasteiger partial charge in [0.1, 0.15) is 0 Å². The van der Waals surface area contributed by atoms with Crippen molar-refractivity contribution in [1.82, 2.24) is 9.78 Å². The number of rotatable bonds is 1. The van der Waals surface area contributed by atoms with Crippen LogP contribution in [0.3, 0.4) is 0 Å². The lowest BCUT2D eigenvalue weighted by molar-refractivity contribution is 0.112. The van der Waals surface area contributed by atoms with Gasteiger partial charge in [-0.3, -0.25) is 9.48 Å². The maximum Gasteiger partial charge on any atom is 0.159 e. The van der Waals surface area contributed by atoms with Gasteiger partial charge in [0.2, 0.25) is 0 Å². The molecule has 0 aliphatic rings. The number of carbonyl (C=O) groups is 1. The maximum atomic E-state index is 10.7. The predicted molar refractivity (Wildman–Crippen MR) is 51.1 cm³/mol. The molecule has 2 rings (SSSR count). The van der Waals surface area contributed by atoms with Crippen LogP contribution in [0, 0.1) is 0 Å². The first kappa shape index (κ1) is 8.26. The number of benzene rings is 1. The minimum absolute atomic E-state index is 0.375. The van der Waals surface area contributed by atoms with Crippen LogP contribution in [0.5, 0.6) is 0 Å². The lowest BCUT2D eigenvalue weighted by Gasteiger charge is -1.94. The molecule has 0 aliphatic heterocycles. The van der Waals surface area contributed by atoms with Crippen LogP contribution < -0.4 is 0 Å². The van der Waals surface area contributed by atoms with Crippen LogP contribution in [0.2, 0.25) is 5.15 Å². The van der Waals surface area contributed by atoms with E-state index in [4.69, 9.17) is 11.6 Å². The molecule has 0 aliphatic carbocycles. The standard InChI is InChI=1S/C9H7ClN2O/c1-12-7-4-2-3-6(5-13)8(7)9(10)11-12/h2-5H,1H3. The monoisotopic (exact) mass is 194 g/mol. The van der Waals surface area contributed by atoms with Crippen molar-refractivity contribution >= 4 is 28.8 Å². The third-order valence-electron chi connectivity index (χ3n) is 1.99. The van der Waals surface area contributed by atoms with Crippen molar-refractivity contribution in [2.75, 3.05) is 0 Å². The summed E-state index contributed by atoms with van der Waals surface area (Å²) < 4.78 is 1.66. The maximum absolute atomic E-state index is 10.7. The van der Waals surface area contributed by atoms with Crippen LogP contribution in [0.4, 0.5) is 0 Å². The Morgan fingerprint density at radius 1 is 1.54 bits per heavy atom. The van der Waals surface area contributed by atoms with E-state index in [0.29, 0.717) is 10.7 Å². The molecule has 3 nitrogen and oxygen atoms in total. The first-order valence-corrected chi connectivity index (χ1v) is 4.18. The largest absolute Gasteiger partial charge is 0.298 e. The average molecular weight is 195 g/mol. The van der Waals surface area contributed by atoms with Gasteiger partial charge in [0.05, 0.1) is 5.52 Å². The Balaban J connectivity index is 2.96. The summed E-state index contributed by atoms with van der Waals surface area (Å²) in [6.07, 6.45) is 0.788. The highest BCUT2D eigenvalue weighted by Gasteiger charge is 2.09. The number of carbonyl (C=O) groups excluding carboxylic acids is 1. The third kappa shape index (κ3) is 1.12. The molecule has 13 heavy (non-hydrogen) atoms. The van der Waals surface area contributed by atoms with Gasteiger partial charge < -0.3 is 0 Å². The van der Waals surface area contributed by atoms with Gasteiger partial charge in [-0.1, -0.05) is 23.7 Å². The van der Waals surface area contributed by atoms with Gasteiger partial charge in [-0.05, 0) is 6.07 Å². The summed E-state index contributed by atoms with van der Waals surface area (Å²) in [7, 11) is 1.79. The first-order chi connectivity index (χ1) is 6.24. The minimum atomic E-state index is 0.375. The van der Waals surface area contributed by atoms with E-state index in [1.54, 1.807) is 17.8 Å². The Kier molecular flexibility index (Phi) is 1.81. The number of halogens is 1. The van der Waals surface area contributed by atoms with Crippen molar-refractivity contribution in [3.8, 4) is 0 Å². The molecule has 1 aromatic carbocycles. The second-order valence-electron chi connectivity index (χ2n) is 2.77. The molecule has 66 valence electrons. The number of aryl methyl sites for hydroxylation is 1. The molecule has 0 spiro atoms. The van der Waals surface area contributed by atoms with Crippen molar-refractivity contribution in [1.29, 1.82) is 0 Å². The Labute approximate surface area is 79.9 Å². The van der Waals surface area contributed by atoms with E-state index < -0.39 is 0 Å². The number of aldehydes is 1. The number of nitrogens with zero attached hydrogens (tertiary/aromatic N) is 2. The third-order valence-corrected chi connectivity index (χ3v) is 2.26.